The molecule has 0 saturated heterocycles. The predicted octanol–water partition coefficient (Wildman–Crippen LogP) is 2.54. The molecule has 0 atom stereocenters. The molecule has 0 unspecified atom stereocenters. The van der Waals surface area contributed by atoms with Crippen LogP contribution >= 0.6 is 22.7 Å². The van der Waals surface area contributed by atoms with E-state index in [4.69, 9.17) is 9.26 Å². The minimum Gasteiger partial charge on any atom is -0.459 e. The summed E-state index contributed by atoms with van der Waals surface area (Å²) in [5.74, 6) is 0.466. The van der Waals surface area contributed by atoms with Crippen LogP contribution in [0.1, 0.15) is 18.0 Å². The summed E-state index contributed by atoms with van der Waals surface area (Å²) >= 11 is 2.86. The van der Waals surface area contributed by atoms with E-state index in [0.29, 0.717) is 22.4 Å². The molecule has 8 nitrogen and oxygen atoms in total. The van der Waals surface area contributed by atoms with Crippen LogP contribution in [0.15, 0.2) is 44.5 Å². The molecule has 0 aliphatic heterocycles. The number of thiazole rings is 1. The molecule has 0 aromatic carbocycles. The number of carbonyl (C=O) groups excluding carboxylic acids is 1. The standard InChI is InChI=1S/C16H12N4O4S2/c21-13-8-10(17-16-20(13)5-7-26-16)9-23-14(22)4-3-12-18-15(19-24-12)11-2-1-6-25-11/h1-2,5-8H,3-4,9H2. The van der Waals surface area contributed by atoms with Gasteiger partial charge in [-0.2, -0.15) is 4.98 Å². The Kier molecular flexibility index (Phi) is 4.59. The smallest absolute Gasteiger partial charge is 0.306 e. The van der Waals surface area contributed by atoms with E-state index in [1.807, 2.05) is 17.5 Å². The fourth-order valence-corrected chi connectivity index (χ4v) is 3.65. The quantitative estimate of drug-likeness (QED) is 0.468. The Morgan fingerprint density at radius 2 is 2.19 bits per heavy atom. The Morgan fingerprint density at radius 3 is 3.04 bits per heavy atom. The van der Waals surface area contributed by atoms with Crippen molar-refractivity contribution < 1.29 is 14.1 Å². The van der Waals surface area contributed by atoms with Crippen LogP contribution in [0.2, 0.25) is 0 Å². The van der Waals surface area contributed by atoms with Crippen molar-refractivity contribution in [3.8, 4) is 10.7 Å². The molecular weight excluding hydrogens is 376 g/mol. The Morgan fingerprint density at radius 1 is 1.27 bits per heavy atom. The lowest BCUT2D eigenvalue weighted by Gasteiger charge is -2.03. The van der Waals surface area contributed by atoms with Gasteiger partial charge in [-0.3, -0.25) is 14.0 Å². The van der Waals surface area contributed by atoms with Gasteiger partial charge < -0.3 is 9.26 Å². The molecule has 0 saturated carbocycles. The summed E-state index contributed by atoms with van der Waals surface area (Å²) in [6, 6.07) is 5.16. The van der Waals surface area contributed by atoms with Gasteiger partial charge in [0.1, 0.15) is 6.61 Å². The molecule has 0 bridgehead atoms. The monoisotopic (exact) mass is 388 g/mol. The van der Waals surface area contributed by atoms with E-state index < -0.39 is 5.97 Å². The highest BCUT2D eigenvalue weighted by Gasteiger charge is 2.12. The van der Waals surface area contributed by atoms with Crippen molar-refractivity contribution in [1.82, 2.24) is 19.5 Å². The maximum Gasteiger partial charge on any atom is 0.306 e. The first kappa shape index (κ1) is 16.6. The summed E-state index contributed by atoms with van der Waals surface area (Å²) in [5, 5.41) is 7.59. The number of carbonyl (C=O) groups is 1. The molecule has 10 heteroatoms. The highest BCUT2D eigenvalue weighted by Crippen LogP contribution is 2.21. The summed E-state index contributed by atoms with van der Waals surface area (Å²) in [7, 11) is 0. The number of thiophene rings is 1. The molecule has 4 aromatic rings. The lowest BCUT2D eigenvalue weighted by Crippen LogP contribution is -2.14. The molecule has 132 valence electrons. The molecule has 0 aliphatic carbocycles. The van der Waals surface area contributed by atoms with Crippen molar-refractivity contribution in [1.29, 1.82) is 0 Å². The van der Waals surface area contributed by atoms with Gasteiger partial charge in [-0.15, -0.1) is 22.7 Å². The number of ether oxygens (including phenoxy) is 1. The van der Waals surface area contributed by atoms with Gasteiger partial charge in [0.05, 0.1) is 17.0 Å². The van der Waals surface area contributed by atoms with Crippen LogP contribution in [0.25, 0.3) is 15.7 Å². The Balaban J connectivity index is 1.32. The fraction of sp³-hybridized carbons (Fsp3) is 0.188. The number of nitrogens with zero attached hydrogens (tertiary/aromatic N) is 4. The van der Waals surface area contributed by atoms with Crippen LogP contribution < -0.4 is 5.56 Å². The highest BCUT2D eigenvalue weighted by molar-refractivity contribution is 7.15. The molecule has 4 rings (SSSR count). The molecule has 0 spiro atoms. The molecule has 0 aliphatic rings. The van der Waals surface area contributed by atoms with Gasteiger partial charge >= 0.3 is 5.97 Å². The van der Waals surface area contributed by atoms with Gasteiger partial charge in [-0.05, 0) is 11.4 Å². The summed E-state index contributed by atoms with van der Waals surface area (Å²) < 4.78 is 11.8. The Bertz CT molecular complexity index is 1100. The Hall–Kier alpha value is -2.85. The second kappa shape index (κ2) is 7.18. The van der Waals surface area contributed by atoms with E-state index in [1.165, 1.54) is 33.1 Å². The maximum absolute atomic E-state index is 11.9. The van der Waals surface area contributed by atoms with Crippen molar-refractivity contribution in [3.05, 3.63) is 57.1 Å². The molecule has 0 N–H and O–H groups in total. The zero-order valence-corrected chi connectivity index (χ0v) is 15.0. The average molecular weight is 388 g/mol. The molecule has 4 aromatic heterocycles. The van der Waals surface area contributed by atoms with Crippen molar-refractivity contribution in [2.45, 2.75) is 19.4 Å². The van der Waals surface area contributed by atoms with E-state index in [-0.39, 0.29) is 25.0 Å². The zero-order chi connectivity index (χ0) is 17.9. The Labute approximate surface area is 154 Å². The van der Waals surface area contributed by atoms with Crippen LogP contribution in [0.3, 0.4) is 0 Å². The van der Waals surface area contributed by atoms with E-state index in [2.05, 4.69) is 15.1 Å². The third-order valence-electron chi connectivity index (χ3n) is 3.49. The van der Waals surface area contributed by atoms with Crippen molar-refractivity contribution in [3.63, 3.8) is 0 Å². The molecule has 0 radical (unpaired) electrons. The van der Waals surface area contributed by atoms with E-state index in [0.717, 1.165) is 4.88 Å². The van der Waals surface area contributed by atoms with Crippen molar-refractivity contribution in [2.24, 2.45) is 0 Å². The topological polar surface area (TPSA) is 99.6 Å². The normalized spacial score (nSPS) is 11.1. The molecule has 0 fully saturated rings. The van der Waals surface area contributed by atoms with Gasteiger partial charge in [-0.1, -0.05) is 11.2 Å². The number of esters is 1. The summed E-state index contributed by atoms with van der Waals surface area (Å²) in [6.07, 6.45) is 2.05. The number of hydrogen-bond donors (Lipinski definition) is 0. The number of rotatable bonds is 6. The summed E-state index contributed by atoms with van der Waals surface area (Å²) in [4.78, 5) is 33.8. The fourth-order valence-electron chi connectivity index (χ4n) is 2.26. The van der Waals surface area contributed by atoms with Gasteiger partial charge in [0.2, 0.25) is 11.7 Å². The largest absolute Gasteiger partial charge is 0.459 e. The number of aromatic nitrogens is 4. The van der Waals surface area contributed by atoms with Crippen LogP contribution in [-0.4, -0.2) is 25.5 Å². The third-order valence-corrected chi connectivity index (χ3v) is 5.11. The molecular formula is C16H12N4O4S2. The highest BCUT2D eigenvalue weighted by atomic mass is 32.1. The van der Waals surface area contributed by atoms with E-state index >= 15 is 0 Å². The van der Waals surface area contributed by atoms with E-state index in [9.17, 15) is 9.59 Å². The van der Waals surface area contributed by atoms with Gasteiger partial charge in [0.25, 0.3) is 5.56 Å². The van der Waals surface area contributed by atoms with Crippen LogP contribution in [0.4, 0.5) is 0 Å². The second-order valence-electron chi connectivity index (χ2n) is 5.29. The van der Waals surface area contributed by atoms with Gasteiger partial charge in [0.15, 0.2) is 4.96 Å². The first-order valence-corrected chi connectivity index (χ1v) is 9.43. The molecule has 26 heavy (non-hydrogen) atoms. The van der Waals surface area contributed by atoms with Crippen molar-refractivity contribution in [2.75, 3.05) is 0 Å². The maximum atomic E-state index is 11.9. The lowest BCUT2D eigenvalue weighted by atomic mass is 10.3. The SMILES string of the molecule is O=C(CCc1nc(-c2cccs2)no1)OCc1cc(=O)n2ccsc2n1. The van der Waals surface area contributed by atoms with Crippen molar-refractivity contribution >= 4 is 33.6 Å². The van der Waals surface area contributed by atoms with Gasteiger partial charge in [0, 0.05) is 24.1 Å². The first-order chi connectivity index (χ1) is 12.7. The van der Waals surface area contributed by atoms with Crippen LogP contribution in [0, 0.1) is 0 Å². The van der Waals surface area contributed by atoms with E-state index in [1.54, 1.807) is 11.6 Å². The lowest BCUT2D eigenvalue weighted by molar-refractivity contribution is -0.145. The third kappa shape index (κ3) is 3.55. The first-order valence-electron chi connectivity index (χ1n) is 7.67. The zero-order valence-electron chi connectivity index (χ0n) is 13.3. The number of fused-ring (bicyclic) bond motifs is 1. The predicted molar refractivity (Wildman–Crippen MR) is 95.1 cm³/mol. The second-order valence-corrected chi connectivity index (χ2v) is 7.11. The van der Waals surface area contributed by atoms with Crippen LogP contribution in [0.5, 0.6) is 0 Å². The summed E-state index contributed by atoms with van der Waals surface area (Å²) in [5.41, 5.74) is 0.220. The summed E-state index contributed by atoms with van der Waals surface area (Å²) in [6.45, 7) is -0.0489. The molecule has 4 heterocycles. The number of hydrogen-bond acceptors (Lipinski definition) is 9. The number of aryl methyl sites for hydroxylation is 1. The molecule has 0 amide bonds. The average Bonchev–Trinajstić information content (AvgIpc) is 3.38. The van der Waals surface area contributed by atoms with Crippen LogP contribution in [-0.2, 0) is 22.6 Å². The minimum absolute atomic E-state index is 0.0489. The van der Waals surface area contributed by atoms with Gasteiger partial charge in [-0.25, -0.2) is 4.98 Å². The minimum atomic E-state index is -0.422.